The van der Waals surface area contributed by atoms with Crippen LogP contribution in [0.2, 0.25) is 0 Å². The third kappa shape index (κ3) is 2.51. The molecule has 0 aromatic carbocycles. The summed E-state index contributed by atoms with van der Waals surface area (Å²) in [7, 11) is -0.300. The number of anilines is 1. The first-order valence-corrected chi connectivity index (χ1v) is 6.64. The van der Waals surface area contributed by atoms with Gasteiger partial charge in [0.05, 0.1) is 12.2 Å². The van der Waals surface area contributed by atoms with Gasteiger partial charge in [-0.05, 0) is 6.07 Å². The summed E-state index contributed by atoms with van der Waals surface area (Å²) >= 11 is 0. The van der Waals surface area contributed by atoms with Crippen molar-refractivity contribution in [3.8, 4) is 0 Å². The number of nitrogen functional groups attached to an aromatic ring is 1. The molecular weight excluding hydrogens is 256 g/mol. The number of hydrogen-bond acceptors (Lipinski definition) is 5. The lowest BCUT2D eigenvalue weighted by molar-refractivity contribution is 0.579. The standard InChI is InChI=1S/C9H14N6O2S/c1-14-4-3-7(12-14)5-11-18(16,17)8-6-15(2)13-9(8)10/h3-4,6,11H,5H2,1-2H3,(H2,10,13). The molecule has 0 spiro atoms. The summed E-state index contributed by atoms with van der Waals surface area (Å²) in [6.07, 6.45) is 3.10. The number of nitrogens with zero attached hydrogens (tertiary/aromatic N) is 4. The summed E-state index contributed by atoms with van der Waals surface area (Å²) in [6, 6.07) is 1.73. The van der Waals surface area contributed by atoms with Crippen LogP contribution in [0.5, 0.6) is 0 Å². The Balaban J connectivity index is 2.15. The molecule has 0 radical (unpaired) electrons. The fourth-order valence-electron chi connectivity index (χ4n) is 1.50. The van der Waals surface area contributed by atoms with Crippen LogP contribution in [0.1, 0.15) is 5.69 Å². The molecular formula is C9H14N6O2S. The molecule has 0 bridgehead atoms. The monoisotopic (exact) mass is 270 g/mol. The molecule has 0 aliphatic heterocycles. The van der Waals surface area contributed by atoms with E-state index < -0.39 is 10.0 Å². The maximum Gasteiger partial charge on any atom is 0.246 e. The van der Waals surface area contributed by atoms with Gasteiger partial charge in [-0.2, -0.15) is 10.2 Å². The summed E-state index contributed by atoms with van der Waals surface area (Å²) in [5.41, 5.74) is 6.16. The molecule has 0 aliphatic rings. The molecule has 0 saturated carbocycles. The summed E-state index contributed by atoms with van der Waals surface area (Å²) in [5.74, 6) is -0.0222. The average molecular weight is 270 g/mol. The molecule has 8 nitrogen and oxygen atoms in total. The van der Waals surface area contributed by atoms with Crippen LogP contribution in [0.4, 0.5) is 5.82 Å². The molecule has 9 heteroatoms. The molecule has 0 aliphatic carbocycles. The van der Waals surface area contributed by atoms with Crippen LogP contribution < -0.4 is 10.5 Å². The minimum Gasteiger partial charge on any atom is -0.381 e. The molecule has 2 aromatic rings. The highest BCUT2D eigenvalue weighted by Gasteiger charge is 2.20. The van der Waals surface area contributed by atoms with Crippen molar-refractivity contribution in [2.45, 2.75) is 11.4 Å². The third-order valence-electron chi connectivity index (χ3n) is 2.32. The normalized spacial score (nSPS) is 11.9. The quantitative estimate of drug-likeness (QED) is 0.757. The van der Waals surface area contributed by atoms with E-state index in [1.807, 2.05) is 0 Å². The van der Waals surface area contributed by atoms with E-state index in [1.54, 1.807) is 31.0 Å². The van der Waals surface area contributed by atoms with Gasteiger partial charge in [0, 0.05) is 26.5 Å². The van der Waals surface area contributed by atoms with Gasteiger partial charge in [-0.3, -0.25) is 9.36 Å². The van der Waals surface area contributed by atoms with Crippen molar-refractivity contribution in [1.29, 1.82) is 0 Å². The summed E-state index contributed by atoms with van der Waals surface area (Å²) < 4.78 is 29.3. The van der Waals surface area contributed by atoms with Gasteiger partial charge in [0.15, 0.2) is 5.82 Å². The van der Waals surface area contributed by atoms with Crippen molar-refractivity contribution in [3.05, 3.63) is 24.2 Å². The summed E-state index contributed by atoms with van der Waals surface area (Å²) in [6.45, 7) is 0.109. The molecule has 0 saturated heterocycles. The Morgan fingerprint density at radius 3 is 2.56 bits per heavy atom. The van der Waals surface area contributed by atoms with Crippen molar-refractivity contribution >= 4 is 15.8 Å². The maximum absolute atomic E-state index is 12.0. The number of rotatable bonds is 4. The van der Waals surface area contributed by atoms with E-state index in [9.17, 15) is 8.42 Å². The molecule has 2 aromatic heterocycles. The Labute approximate surface area is 104 Å². The van der Waals surface area contributed by atoms with Gasteiger partial charge in [0.2, 0.25) is 10.0 Å². The van der Waals surface area contributed by atoms with Crippen molar-refractivity contribution in [1.82, 2.24) is 24.3 Å². The molecule has 0 unspecified atom stereocenters. The lowest BCUT2D eigenvalue weighted by atomic mass is 10.4. The Morgan fingerprint density at radius 1 is 1.33 bits per heavy atom. The van der Waals surface area contributed by atoms with Crippen LogP contribution in [-0.2, 0) is 30.7 Å². The van der Waals surface area contributed by atoms with Gasteiger partial charge in [-0.1, -0.05) is 0 Å². The van der Waals surface area contributed by atoms with Crippen LogP contribution in [0.25, 0.3) is 0 Å². The van der Waals surface area contributed by atoms with Crippen LogP contribution >= 0.6 is 0 Å². The van der Waals surface area contributed by atoms with E-state index in [1.165, 1.54) is 10.9 Å². The van der Waals surface area contributed by atoms with Gasteiger partial charge >= 0.3 is 0 Å². The molecule has 98 valence electrons. The first-order chi connectivity index (χ1) is 8.38. The lowest BCUT2D eigenvalue weighted by Gasteiger charge is -2.03. The topological polar surface area (TPSA) is 108 Å². The second-order valence-electron chi connectivity index (χ2n) is 3.86. The van der Waals surface area contributed by atoms with Crippen molar-refractivity contribution in [2.24, 2.45) is 14.1 Å². The molecule has 2 rings (SSSR count). The van der Waals surface area contributed by atoms with E-state index >= 15 is 0 Å². The third-order valence-corrected chi connectivity index (χ3v) is 3.74. The number of nitrogens with two attached hydrogens (primary N) is 1. The van der Waals surface area contributed by atoms with E-state index in [4.69, 9.17) is 5.73 Å². The highest BCUT2D eigenvalue weighted by atomic mass is 32.2. The van der Waals surface area contributed by atoms with Gasteiger partial charge in [0.1, 0.15) is 4.90 Å². The second-order valence-corrected chi connectivity index (χ2v) is 5.59. The Morgan fingerprint density at radius 2 is 2.06 bits per heavy atom. The first kappa shape index (κ1) is 12.6. The lowest BCUT2D eigenvalue weighted by Crippen LogP contribution is -2.24. The zero-order chi connectivity index (χ0) is 13.3. The molecule has 2 heterocycles. The number of aromatic nitrogens is 4. The number of sulfonamides is 1. The smallest absolute Gasteiger partial charge is 0.246 e. The van der Waals surface area contributed by atoms with Gasteiger partial charge in [-0.15, -0.1) is 0 Å². The van der Waals surface area contributed by atoms with E-state index in [0.29, 0.717) is 5.69 Å². The number of nitrogens with one attached hydrogen (secondary N) is 1. The molecule has 18 heavy (non-hydrogen) atoms. The molecule has 3 N–H and O–H groups in total. The number of hydrogen-bond donors (Lipinski definition) is 2. The number of aryl methyl sites for hydroxylation is 2. The van der Waals surface area contributed by atoms with Gasteiger partial charge in [0.25, 0.3) is 0 Å². The predicted molar refractivity (Wildman–Crippen MR) is 64.9 cm³/mol. The van der Waals surface area contributed by atoms with Crippen LogP contribution in [0.15, 0.2) is 23.4 Å². The van der Waals surface area contributed by atoms with Crippen molar-refractivity contribution in [2.75, 3.05) is 5.73 Å². The molecule has 0 atom stereocenters. The second kappa shape index (κ2) is 4.42. The van der Waals surface area contributed by atoms with E-state index in [0.717, 1.165) is 0 Å². The first-order valence-electron chi connectivity index (χ1n) is 5.16. The Bertz CT molecular complexity index is 656. The fourth-order valence-corrected chi connectivity index (χ4v) is 2.60. The van der Waals surface area contributed by atoms with E-state index in [2.05, 4.69) is 14.9 Å². The van der Waals surface area contributed by atoms with Crippen LogP contribution in [0, 0.1) is 0 Å². The highest BCUT2D eigenvalue weighted by Crippen LogP contribution is 2.15. The van der Waals surface area contributed by atoms with Crippen molar-refractivity contribution in [3.63, 3.8) is 0 Å². The largest absolute Gasteiger partial charge is 0.381 e. The highest BCUT2D eigenvalue weighted by molar-refractivity contribution is 7.89. The van der Waals surface area contributed by atoms with E-state index in [-0.39, 0.29) is 17.3 Å². The van der Waals surface area contributed by atoms with Gasteiger partial charge in [-0.25, -0.2) is 13.1 Å². The SMILES string of the molecule is Cn1ccc(CNS(=O)(=O)c2cn(C)nc2N)n1. The Hall–Kier alpha value is -1.87. The minimum atomic E-state index is -3.67. The maximum atomic E-state index is 12.0. The zero-order valence-corrected chi connectivity index (χ0v) is 10.8. The van der Waals surface area contributed by atoms with Crippen molar-refractivity contribution < 1.29 is 8.42 Å². The predicted octanol–water partition coefficient (Wildman–Crippen LogP) is -0.786. The summed E-state index contributed by atoms with van der Waals surface area (Å²) in [5, 5.41) is 7.86. The Kier molecular flexibility index (Phi) is 3.09. The van der Waals surface area contributed by atoms with Crippen LogP contribution in [-0.4, -0.2) is 28.0 Å². The minimum absolute atomic E-state index is 0.0222. The van der Waals surface area contributed by atoms with Gasteiger partial charge < -0.3 is 5.73 Å². The zero-order valence-electron chi connectivity index (χ0n) is 10.0. The molecule has 0 amide bonds. The average Bonchev–Trinajstić information content (AvgIpc) is 2.82. The van der Waals surface area contributed by atoms with Crippen LogP contribution in [0.3, 0.4) is 0 Å². The summed E-state index contributed by atoms with van der Waals surface area (Å²) in [4.78, 5) is -0.0269. The molecule has 0 fully saturated rings. The fraction of sp³-hybridized carbons (Fsp3) is 0.333.